The van der Waals surface area contributed by atoms with Gasteiger partial charge in [0.2, 0.25) is 16.0 Å². The fourth-order valence-corrected chi connectivity index (χ4v) is 1.63. The van der Waals surface area contributed by atoms with Crippen molar-refractivity contribution in [3.8, 4) is 5.75 Å². The number of pyridine rings is 1. The predicted molar refractivity (Wildman–Crippen MR) is 56.3 cm³/mol. The Morgan fingerprint density at radius 2 is 2.19 bits per heavy atom. The average molecular weight is 246 g/mol. The van der Waals surface area contributed by atoms with Crippen LogP contribution in [0.1, 0.15) is 12.8 Å². The van der Waals surface area contributed by atoms with Crippen molar-refractivity contribution in [1.82, 2.24) is 4.98 Å². The van der Waals surface area contributed by atoms with Crippen molar-refractivity contribution in [1.29, 1.82) is 0 Å². The van der Waals surface area contributed by atoms with E-state index >= 15 is 0 Å². The highest BCUT2D eigenvalue weighted by atomic mass is 32.2. The number of nitrogens with zero attached hydrogens (tertiary/aromatic N) is 1. The van der Waals surface area contributed by atoms with Crippen LogP contribution in [0.15, 0.2) is 12.1 Å². The van der Waals surface area contributed by atoms with Crippen LogP contribution in [0.4, 0.5) is 10.2 Å². The molecule has 2 rings (SSSR count). The molecule has 0 bridgehead atoms. The van der Waals surface area contributed by atoms with Crippen LogP contribution in [0.3, 0.4) is 0 Å². The average Bonchev–Trinajstić information content (AvgIpc) is 2.91. The van der Waals surface area contributed by atoms with Crippen LogP contribution in [-0.4, -0.2) is 25.8 Å². The van der Waals surface area contributed by atoms with E-state index in [9.17, 15) is 12.8 Å². The third-order valence-electron chi connectivity index (χ3n) is 1.92. The minimum absolute atomic E-state index is 0.0902. The van der Waals surface area contributed by atoms with Gasteiger partial charge >= 0.3 is 0 Å². The molecule has 0 saturated heterocycles. The zero-order valence-electron chi connectivity index (χ0n) is 8.60. The first-order chi connectivity index (χ1) is 7.44. The van der Waals surface area contributed by atoms with E-state index in [0.717, 1.165) is 25.2 Å². The molecule has 1 aromatic heterocycles. The van der Waals surface area contributed by atoms with E-state index in [1.165, 1.54) is 6.07 Å². The predicted octanol–water partition coefficient (Wildman–Crippen LogP) is 1.13. The summed E-state index contributed by atoms with van der Waals surface area (Å²) in [6, 6.07) is 2.50. The molecule has 0 spiro atoms. The molecule has 5 nitrogen and oxygen atoms in total. The molecule has 0 aromatic carbocycles. The van der Waals surface area contributed by atoms with Crippen LogP contribution in [0.25, 0.3) is 0 Å². The van der Waals surface area contributed by atoms with Gasteiger partial charge in [0, 0.05) is 0 Å². The summed E-state index contributed by atoms with van der Waals surface area (Å²) in [4.78, 5) is 3.46. The monoisotopic (exact) mass is 246 g/mol. The second kappa shape index (κ2) is 3.89. The van der Waals surface area contributed by atoms with E-state index in [0.29, 0.717) is 0 Å². The summed E-state index contributed by atoms with van der Waals surface area (Å²) in [5.41, 5.74) is 0. The molecule has 1 fully saturated rings. The lowest BCUT2D eigenvalue weighted by Gasteiger charge is -2.10. The number of nitrogens with one attached hydrogen (secondary N) is 1. The summed E-state index contributed by atoms with van der Waals surface area (Å²) in [5.74, 6) is -0.599. The maximum Gasteiger partial charge on any atom is 0.231 e. The van der Waals surface area contributed by atoms with Gasteiger partial charge in [-0.05, 0) is 25.0 Å². The zero-order valence-corrected chi connectivity index (χ0v) is 9.42. The van der Waals surface area contributed by atoms with Crippen LogP contribution in [0, 0.1) is 5.95 Å². The summed E-state index contributed by atoms with van der Waals surface area (Å²) < 4.78 is 42.5. The Morgan fingerprint density at radius 1 is 1.50 bits per heavy atom. The molecule has 0 unspecified atom stereocenters. The Kier molecular flexibility index (Phi) is 2.71. The van der Waals surface area contributed by atoms with Crippen LogP contribution < -0.4 is 9.46 Å². The highest BCUT2D eigenvalue weighted by molar-refractivity contribution is 7.92. The van der Waals surface area contributed by atoms with Crippen LogP contribution in [0.2, 0.25) is 0 Å². The summed E-state index contributed by atoms with van der Waals surface area (Å²) in [6.07, 6.45) is 2.92. The number of sulfonamides is 1. The third kappa shape index (κ3) is 3.06. The molecule has 1 aliphatic rings. The van der Waals surface area contributed by atoms with Gasteiger partial charge in [-0.2, -0.15) is 9.37 Å². The number of hydrogen-bond acceptors (Lipinski definition) is 4. The first kappa shape index (κ1) is 11.1. The quantitative estimate of drug-likeness (QED) is 0.809. The number of ether oxygens (including phenoxy) is 1. The van der Waals surface area contributed by atoms with Gasteiger partial charge < -0.3 is 4.74 Å². The number of rotatable bonds is 4. The lowest BCUT2D eigenvalue weighted by Crippen LogP contribution is -2.13. The number of anilines is 1. The molecule has 0 amide bonds. The lowest BCUT2D eigenvalue weighted by molar-refractivity contribution is 0.303. The molecule has 16 heavy (non-hydrogen) atoms. The van der Waals surface area contributed by atoms with E-state index in [-0.39, 0.29) is 17.7 Å². The second-order valence-corrected chi connectivity index (χ2v) is 5.42. The molecular formula is C9H11FN2O3S. The van der Waals surface area contributed by atoms with E-state index in [1.807, 2.05) is 0 Å². The van der Waals surface area contributed by atoms with Gasteiger partial charge in [-0.15, -0.1) is 0 Å². The summed E-state index contributed by atoms with van der Waals surface area (Å²) in [5, 5.41) is 0. The molecule has 7 heteroatoms. The number of aromatic nitrogens is 1. The maximum absolute atomic E-state index is 12.9. The van der Waals surface area contributed by atoms with Crippen molar-refractivity contribution in [2.45, 2.75) is 18.9 Å². The zero-order chi connectivity index (χ0) is 11.8. The second-order valence-electron chi connectivity index (χ2n) is 3.67. The Labute approximate surface area is 92.7 Å². The maximum atomic E-state index is 12.9. The molecule has 0 aliphatic heterocycles. The molecule has 1 aliphatic carbocycles. The van der Waals surface area contributed by atoms with E-state index in [4.69, 9.17) is 4.74 Å². The smallest absolute Gasteiger partial charge is 0.231 e. The first-order valence-corrected chi connectivity index (χ1v) is 6.64. The largest absolute Gasteiger partial charge is 0.487 e. The molecule has 0 atom stereocenters. The molecule has 1 N–H and O–H groups in total. The Hall–Kier alpha value is -1.37. The topological polar surface area (TPSA) is 68.3 Å². The molecular weight excluding hydrogens is 235 g/mol. The van der Waals surface area contributed by atoms with Crippen molar-refractivity contribution in [2.75, 3.05) is 11.0 Å². The summed E-state index contributed by atoms with van der Waals surface area (Å²) in [6.45, 7) is 0. The normalized spacial score (nSPS) is 15.9. The van der Waals surface area contributed by atoms with Crippen molar-refractivity contribution in [3.63, 3.8) is 0 Å². The van der Waals surface area contributed by atoms with E-state index in [2.05, 4.69) is 9.71 Å². The Bertz CT molecular complexity index is 499. The fraction of sp³-hybridized carbons (Fsp3) is 0.444. The van der Waals surface area contributed by atoms with Gasteiger partial charge in [-0.3, -0.25) is 4.72 Å². The number of hydrogen-bond donors (Lipinski definition) is 1. The fourth-order valence-electron chi connectivity index (χ4n) is 1.13. The van der Waals surface area contributed by atoms with Crippen LogP contribution in [-0.2, 0) is 10.0 Å². The van der Waals surface area contributed by atoms with Crippen LogP contribution in [0.5, 0.6) is 5.75 Å². The summed E-state index contributed by atoms with van der Waals surface area (Å²) >= 11 is 0. The minimum atomic E-state index is -3.49. The number of halogens is 1. The van der Waals surface area contributed by atoms with E-state index < -0.39 is 16.0 Å². The van der Waals surface area contributed by atoms with Crippen molar-refractivity contribution >= 4 is 15.8 Å². The van der Waals surface area contributed by atoms with Crippen LogP contribution >= 0.6 is 0 Å². The van der Waals surface area contributed by atoms with Gasteiger partial charge in [0.25, 0.3) is 0 Å². The minimum Gasteiger partial charge on any atom is -0.487 e. The van der Waals surface area contributed by atoms with Gasteiger partial charge in [-0.25, -0.2) is 8.42 Å². The van der Waals surface area contributed by atoms with Gasteiger partial charge in [0.05, 0.1) is 12.4 Å². The summed E-state index contributed by atoms with van der Waals surface area (Å²) in [7, 11) is -3.49. The lowest BCUT2D eigenvalue weighted by atomic mass is 10.4. The SMILES string of the molecule is CS(=O)(=O)Nc1nc(F)ccc1OC1CC1. The van der Waals surface area contributed by atoms with Gasteiger partial charge in [0.15, 0.2) is 11.6 Å². The van der Waals surface area contributed by atoms with Gasteiger partial charge in [-0.1, -0.05) is 0 Å². The highest BCUT2D eigenvalue weighted by Gasteiger charge is 2.25. The Balaban J connectivity index is 2.27. The highest BCUT2D eigenvalue weighted by Crippen LogP contribution is 2.31. The molecule has 1 aromatic rings. The van der Waals surface area contributed by atoms with Crippen molar-refractivity contribution < 1.29 is 17.5 Å². The van der Waals surface area contributed by atoms with Crippen molar-refractivity contribution in [2.24, 2.45) is 0 Å². The first-order valence-electron chi connectivity index (χ1n) is 4.75. The molecule has 1 heterocycles. The van der Waals surface area contributed by atoms with E-state index in [1.54, 1.807) is 0 Å². The molecule has 1 saturated carbocycles. The Morgan fingerprint density at radius 3 is 2.75 bits per heavy atom. The standard InChI is InChI=1S/C9H11FN2O3S/c1-16(13,14)12-9-7(15-6-2-3-6)4-5-8(10)11-9/h4-6H,2-3H2,1H3,(H,11,12). The third-order valence-corrected chi connectivity index (χ3v) is 2.49. The van der Waals surface area contributed by atoms with Crippen molar-refractivity contribution in [3.05, 3.63) is 18.1 Å². The molecule has 88 valence electrons. The molecule has 0 radical (unpaired) electrons. The van der Waals surface area contributed by atoms with Gasteiger partial charge in [0.1, 0.15) is 0 Å².